The van der Waals surface area contributed by atoms with Crippen molar-refractivity contribution in [2.45, 2.75) is 30.7 Å². The van der Waals surface area contributed by atoms with E-state index in [1.807, 2.05) is 0 Å². The zero-order chi connectivity index (χ0) is 18.9. The fourth-order valence-corrected chi connectivity index (χ4v) is 3.85. The number of sulfonamides is 1. The molecule has 0 atom stereocenters. The zero-order valence-electron chi connectivity index (χ0n) is 13.9. The van der Waals surface area contributed by atoms with Crippen LogP contribution in [0.3, 0.4) is 0 Å². The summed E-state index contributed by atoms with van der Waals surface area (Å²) in [6.07, 6.45) is 1.64. The van der Waals surface area contributed by atoms with Crippen molar-refractivity contribution in [3.05, 3.63) is 63.7 Å². The first-order valence-corrected chi connectivity index (χ1v) is 9.44. The maximum Gasteiger partial charge on any atom is 0.273 e. The lowest BCUT2D eigenvalue weighted by Gasteiger charge is -2.10. The first kappa shape index (κ1) is 18.0. The molecule has 0 aliphatic heterocycles. The van der Waals surface area contributed by atoms with Gasteiger partial charge in [-0.15, -0.1) is 0 Å². The van der Waals surface area contributed by atoms with E-state index in [-0.39, 0.29) is 27.8 Å². The molecule has 1 amide bonds. The third-order valence-corrected chi connectivity index (χ3v) is 5.57. The third-order valence-electron chi connectivity index (χ3n) is 4.05. The lowest BCUT2D eigenvalue weighted by atomic mass is 10.1. The van der Waals surface area contributed by atoms with E-state index in [0.29, 0.717) is 5.69 Å². The highest BCUT2D eigenvalue weighted by Crippen LogP contribution is 2.25. The molecule has 26 heavy (non-hydrogen) atoms. The Morgan fingerprint density at radius 3 is 2.54 bits per heavy atom. The van der Waals surface area contributed by atoms with Crippen molar-refractivity contribution in [3.8, 4) is 0 Å². The van der Waals surface area contributed by atoms with Crippen molar-refractivity contribution >= 4 is 27.3 Å². The van der Waals surface area contributed by atoms with Crippen molar-refractivity contribution in [3.63, 3.8) is 0 Å². The number of carbonyl (C=O) groups is 1. The van der Waals surface area contributed by atoms with Gasteiger partial charge in [-0.05, 0) is 44.0 Å². The molecule has 0 spiro atoms. The molecule has 1 fully saturated rings. The minimum absolute atomic E-state index is 0.0224. The molecule has 0 unspecified atom stereocenters. The van der Waals surface area contributed by atoms with Crippen LogP contribution >= 0.6 is 0 Å². The minimum Gasteiger partial charge on any atom is -0.322 e. The summed E-state index contributed by atoms with van der Waals surface area (Å²) in [7, 11) is -3.64. The molecule has 0 saturated heterocycles. The maximum atomic E-state index is 12.5. The number of hydrogen-bond donors (Lipinski definition) is 2. The SMILES string of the molecule is Cc1c(C(=O)Nc2cccc(S(=O)(=O)NC3CC3)c2)cccc1[N+](=O)[O-]. The average Bonchev–Trinajstić information content (AvgIpc) is 3.38. The van der Waals surface area contributed by atoms with Crippen LogP contribution in [0, 0.1) is 17.0 Å². The zero-order valence-corrected chi connectivity index (χ0v) is 14.7. The van der Waals surface area contributed by atoms with E-state index in [9.17, 15) is 23.3 Å². The van der Waals surface area contributed by atoms with E-state index in [1.54, 1.807) is 6.07 Å². The topological polar surface area (TPSA) is 118 Å². The number of amides is 1. The van der Waals surface area contributed by atoms with Gasteiger partial charge in [0, 0.05) is 28.9 Å². The van der Waals surface area contributed by atoms with Crippen LogP contribution in [-0.2, 0) is 10.0 Å². The molecule has 1 aliphatic carbocycles. The number of rotatable bonds is 6. The van der Waals surface area contributed by atoms with Crippen molar-refractivity contribution in [2.24, 2.45) is 0 Å². The van der Waals surface area contributed by atoms with E-state index in [0.717, 1.165) is 12.8 Å². The van der Waals surface area contributed by atoms with Crippen molar-refractivity contribution in [2.75, 3.05) is 5.32 Å². The Morgan fingerprint density at radius 1 is 1.19 bits per heavy atom. The number of benzene rings is 2. The fourth-order valence-electron chi connectivity index (χ4n) is 2.50. The summed E-state index contributed by atoms with van der Waals surface area (Å²) < 4.78 is 27.1. The number of anilines is 1. The number of nitro groups is 1. The minimum atomic E-state index is -3.64. The lowest BCUT2D eigenvalue weighted by molar-refractivity contribution is -0.385. The molecule has 0 heterocycles. The molecule has 136 valence electrons. The Labute approximate surface area is 150 Å². The van der Waals surface area contributed by atoms with Gasteiger partial charge in [-0.3, -0.25) is 14.9 Å². The van der Waals surface area contributed by atoms with Gasteiger partial charge in [-0.2, -0.15) is 0 Å². The van der Waals surface area contributed by atoms with E-state index < -0.39 is 20.9 Å². The largest absolute Gasteiger partial charge is 0.322 e. The molecular weight excluding hydrogens is 358 g/mol. The Bertz CT molecular complexity index is 984. The summed E-state index contributed by atoms with van der Waals surface area (Å²) >= 11 is 0. The number of carbonyl (C=O) groups excluding carboxylic acids is 1. The second kappa shape index (κ2) is 6.85. The van der Waals surface area contributed by atoms with E-state index >= 15 is 0 Å². The third kappa shape index (κ3) is 3.89. The molecule has 0 bridgehead atoms. The Balaban J connectivity index is 1.83. The van der Waals surface area contributed by atoms with Crippen molar-refractivity contribution < 1.29 is 18.1 Å². The van der Waals surface area contributed by atoms with E-state index in [1.165, 1.54) is 43.3 Å². The quantitative estimate of drug-likeness (QED) is 0.594. The summed E-state index contributed by atoms with van der Waals surface area (Å²) in [6.45, 7) is 1.49. The molecule has 0 aromatic heterocycles. The van der Waals surface area contributed by atoms with Gasteiger partial charge in [0.1, 0.15) is 0 Å². The van der Waals surface area contributed by atoms with Crippen LogP contribution in [0.4, 0.5) is 11.4 Å². The molecule has 1 aliphatic rings. The average molecular weight is 375 g/mol. The highest BCUT2D eigenvalue weighted by Gasteiger charge is 2.28. The molecular formula is C17H17N3O5S. The maximum absolute atomic E-state index is 12.5. The van der Waals surface area contributed by atoms with Crippen LogP contribution in [0.25, 0.3) is 0 Å². The van der Waals surface area contributed by atoms with Crippen LogP contribution in [0.5, 0.6) is 0 Å². The van der Waals surface area contributed by atoms with Crippen LogP contribution in [0.2, 0.25) is 0 Å². The molecule has 2 N–H and O–H groups in total. The standard InChI is InChI=1S/C17H17N3O5S/c1-11-15(6-3-7-16(11)20(22)23)17(21)18-13-4-2-5-14(10-13)26(24,25)19-12-8-9-12/h2-7,10,12,19H,8-9H2,1H3,(H,18,21). The predicted octanol–water partition coefficient (Wildman–Crippen LogP) is 2.60. The Kier molecular flexibility index (Phi) is 4.75. The molecule has 2 aromatic carbocycles. The molecule has 3 rings (SSSR count). The molecule has 0 radical (unpaired) electrons. The molecule has 2 aromatic rings. The number of hydrogen-bond acceptors (Lipinski definition) is 5. The fraction of sp³-hybridized carbons (Fsp3) is 0.235. The van der Waals surface area contributed by atoms with Gasteiger partial charge in [0.2, 0.25) is 10.0 Å². The molecule has 1 saturated carbocycles. The second-order valence-corrected chi connectivity index (χ2v) is 7.80. The van der Waals surface area contributed by atoms with Gasteiger partial charge in [0.25, 0.3) is 11.6 Å². The highest BCUT2D eigenvalue weighted by molar-refractivity contribution is 7.89. The van der Waals surface area contributed by atoms with Crippen molar-refractivity contribution in [1.29, 1.82) is 0 Å². The van der Waals surface area contributed by atoms with Crippen LogP contribution in [0.1, 0.15) is 28.8 Å². The van der Waals surface area contributed by atoms with Gasteiger partial charge >= 0.3 is 0 Å². The molecule has 9 heteroatoms. The summed E-state index contributed by atoms with van der Waals surface area (Å²) in [5.41, 5.74) is 0.542. The van der Waals surface area contributed by atoms with Crippen LogP contribution in [0.15, 0.2) is 47.4 Å². The van der Waals surface area contributed by atoms with Gasteiger partial charge in [-0.25, -0.2) is 13.1 Å². The Hall–Kier alpha value is -2.78. The predicted molar refractivity (Wildman–Crippen MR) is 95.6 cm³/mol. The first-order valence-electron chi connectivity index (χ1n) is 7.96. The van der Waals surface area contributed by atoms with Gasteiger partial charge < -0.3 is 5.32 Å². The van der Waals surface area contributed by atoms with E-state index in [2.05, 4.69) is 10.0 Å². The highest BCUT2D eigenvalue weighted by atomic mass is 32.2. The van der Waals surface area contributed by atoms with Gasteiger partial charge in [0.15, 0.2) is 0 Å². The van der Waals surface area contributed by atoms with Gasteiger partial charge in [0.05, 0.1) is 9.82 Å². The van der Waals surface area contributed by atoms with Crippen molar-refractivity contribution in [1.82, 2.24) is 4.72 Å². The summed E-state index contributed by atoms with van der Waals surface area (Å²) in [5, 5.41) is 13.6. The summed E-state index contributed by atoms with van der Waals surface area (Å²) in [4.78, 5) is 23.0. The van der Waals surface area contributed by atoms with Crippen LogP contribution < -0.4 is 10.0 Å². The van der Waals surface area contributed by atoms with Gasteiger partial charge in [-0.1, -0.05) is 12.1 Å². The normalized spacial score (nSPS) is 14.0. The number of nitrogens with zero attached hydrogens (tertiary/aromatic N) is 1. The number of nitro benzene ring substituents is 1. The number of nitrogens with one attached hydrogen (secondary N) is 2. The lowest BCUT2D eigenvalue weighted by Crippen LogP contribution is -2.25. The summed E-state index contributed by atoms with van der Waals surface area (Å²) in [6, 6.07) is 10.1. The summed E-state index contributed by atoms with van der Waals surface area (Å²) in [5.74, 6) is -0.545. The smallest absolute Gasteiger partial charge is 0.273 e. The Morgan fingerprint density at radius 2 is 1.88 bits per heavy atom. The second-order valence-electron chi connectivity index (χ2n) is 6.08. The van der Waals surface area contributed by atoms with Crippen LogP contribution in [-0.4, -0.2) is 25.3 Å². The van der Waals surface area contributed by atoms with E-state index in [4.69, 9.17) is 0 Å². The first-order chi connectivity index (χ1) is 12.3. The molecule has 8 nitrogen and oxygen atoms in total. The monoisotopic (exact) mass is 375 g/mol.